The molecular weight excluding hydrogens is 346 g/mol. The van der Waals surface area contributed by atoms with E-state index in [1.54, 1.807) is 7.11 Å². The van der Waals surface area contributed by atoms with Crippen molar-refractivity contribution in [1.82, 2.24) is 5.32 Å². The maximum atomic E-state index is 11.8. The Labute approximate surface area is 138 Å². The quantitative estimate of drug-likeness (QED) is 0.853. The third kappa shape index (κ3) is 4.49. The van der Waals surface area contributed by atoms with Gasteiger partial charge in [0.05, 0.1) is 17.6 Å². The van der Waals surface area contributed by atoms with Crippen LogP contribution in [0.1, 0.15) is 24.1 Å². The zero-order valence-electron chi connectivity index (χ0n) is 12.5. The van der Waals surface area contributed by atoms with Crippen LogP contribution in [0.3, 0.4) is 0 Å². The molecule has 0 fully saturated rings. The Balaban J connectivity index is 1.89. The standard InChI is InChI=1S/C17H18BrNO3/c1-12(14-8-9-16(21-2)15(18)10-14)19-17(20)22-11-13-6-4-3-5-7-13/h3-10,12H,11H2,1-2H3,(H,19,20). The lowest BCUT2D eigenvalue weighted by molar-refractivity contribution is 0.136. The highest BCUT2D eigenvalue weighted by molar-refractivity contribution is 9.10. The van der Waals surface area contributed by atoms with Gasteiger partial charge in [-0.05, 0) is 46.1 Å². The van der Waals surface area contributed by atoms with Crippen LogP contribution in [-0.2, 0) is 11.3 Å². The SMILES string of the molecule is COc1ccc(C(C)NC(=O)OCc2ccccc2)cc1Br. The number of carbonyl (C=O) groups excluding carboxylic acids is 1. The van der Waals surface area contributed by atoms with Crippen LogP contribution < -0.4 is 10.1 Å². The van der Waals surface area contributed by atoms with Gasteiger partial charge in [-0.15, -0.1) is 0 Å². The van der Waals surface area contributed by atoms with Gasteiger partial charge in [0.15, 0.2) is 0 Å². The fourth-order valence-corrected chi connectivity index (χ4v) is 2.54. The van der Waals surface area contributed by atoms with Crippen molar-refractivity contribution in [3.8, 4) is 5.75 Å². The van der Waals surface area contributed by atoms with Crippen molar-refractivity contribution in [1.29, 1.82) is 0 Å². The fourth-order valence-electron chi connectivity index (χ4n) is 1.98. The fraction of sp³-hybridized carbons (Fsp3) is 0.235. The molecule has 0 aliphatic carbocycles. The van der Waals surface area contributed by atoms with E-state index < -0.39 is 6.09 Å². The molecule has 0 spiro atoms. The number of benzene rings is 2. The second-order valence-corrected chi connectivity index (χ2v) is 5.68. The van der Waals surface area contributed by atoms with E-state index in [-0.39, 0.29) is 12.6 Å². The molecule has 116 valence electrons. The summed E-state index contributed by atoms with van der Waals surface area (Å²) in [7, 11) is 1.61. The summed E-state index contributed by atoms with van der Waals surface area (Å²) in [4.78, 5) is 11.8. The molecule has 0 radical (unpaired) electrons. The van der Waals surface area contributed by atoms with Crippen LogP contribution in [-0.4, -0.2) is 13.2 Å². The number of rotatable bonds is 5. The number of methoxy groups -OCH3 is 1. The van der Waals surface area contributed by atoms with Gasteiger partial charge < -0.3 is 14.8 Å². The molecule has 0 saturated heterocycles. The number of ether oxygens (including phenoxy) is 2. The Morgan fingerprint density at radius 2 is 1.95 bits per heavy atom. The lowest BCUT2D eigenvalue weighted by Gasteiger charge is -2.15. The van der Waals surface area contributed by atoms with Gasteiger partial charge in [-0.1, -0.05) is 36.4 Å². The van der Waals surface area contributed by atoms with Crippen LogP contribution in [0.4, 0.5) is 4.79 Å². The number of alkyl carbamates (subject to hydrolysis) is 1. The van der Waals surface area contributed by atoms with Crippen molar-refractivity contribution < 1.29 is 14.3 Å². The van der Waals surface area contributed by atoms with Crippen LogP contribution in [0.25, 0.3) is 0 Å². The zero-order valence-corrected chi connectivity index (χ0v) is 14.1. The minimum absolute atomic E-state index is 0.162. The number of nitrogens with one attached hydrogen (secondary N) is 1. The molecule has 1 atom stereocenters. The number of carbonyl (C=O) groups is 1. The van der Waals surface area contributed by atoms with Crippen molar-refractivity contribution in [3.63, 3.8) is 0 Å². The topological polar surface area (TPSA) is 47.6 Å². The predicted molar refractivity (Wildman–Crippen MR) is 88.9 cm³/mol. The normalized spacial score (nSPS) is 11.6. The maximum Gasteiger partial charge on any atom is 0.407 e. The third-order valence-electron chi connectivity index (χ3n) is 3.22. The molecule has 1 N–H and O–H groups in total. The molecule has 22 heavy (non-hydrogen) atoms. The summed E-state index contributed by atoms with van der Waals surface area (Å²) in [6.45, 7) is 2.16. The summed E-state index contributed by atoms with van der Waals surface area (Å²) < 4.78 is 11.2. The summed E-state index contributed by atoms with van der Waals surface area (Å²) in [5.41, 5.74) is 1.92. The molecule has 0 aliphatic rings. The maximum absolute atomic E-state index is 11.8. The summed E-state index contributed by atoms with van der Waals surface area (Å²) in [5, 5.41) is 2.81. The van der Waals surface area contributed by atoms with Crippen molar-refractivity contribution in [2.24, 2.45) is 0 Å². The molecule has 0 heterocycles. The minimum atomic E-state index is -0.441. The van der Waals surface area contributed by atoms with E-state index in [1.165, 1.54) is 0 Å². The molecule has 0 bridgehead atoms. The van der Waals surface area contributed by atoms with E-state index in [9.17, 15) is 4.79 Å². The van der Waals surface area contributed by atoms with Crippen molar-refractivity contribution >= 4 is 22.0 Å². The largest absolute Gasteiger partial charge is 0.496 e. The molecule has 4 nitrogen and oxygen atoms in total. The highest BCUT2D eigenvalue weighted by Gasteiger charge is 2.12. The molecule has 1 amide bonds. The van der Waals surface area contributed by atoms with Crippen molar-refractivity contribution in [2.75, 3.05) is 7.11 Å². The van der Waals surface area contributed by atoms with E-state index in [2.05, 4.69) is 21.2 Å². The zero-order chi connectivity index (χ0) is 15.9. The Morgan fingerprint density at radius 3 is 2.59 bits per heavy atom. The van der Waals surface area contributed by atoms with Crippen LogP contribution in [0.15, 0.2) is 53.0 Å². The minimum Gasteiger partial charge on any atom is -0.496 e. The molecule has 2 aromatic carbocycles. The van der Waals surface area contributed by atoms with Gasteiger partial charge in [-0.2, -0.15) is 0 Å². The lowest BCUT2D eigenvalue weighted by Crippen LogP contribution is -2.27. The van der Waals surface area contributed by atoms with Gasteiger partial charge in [0.1, 0.15) is 12.4 Å². The average molecular weight is 364 g/mol. The number of amides is 1. The molecule has 2 aromatic rings. The van der Waals surface area contributed by atoms with Gasteiger partial charge in [0, 0.05) is 0 Å². The Bertz CT molecular complexity index is 631. The molecule has 5 heteroatoms. The molecular formula is C17H18BrNO3. The van der Waals surface area contributed by atoms with E-state index in [1.807, 2.05) is 55.5 Å². The van der Waals surface area contributed by atoms with Crippen LogP contribution in [0.5, 0.6) is 5.75 Å². The molecule has 2 rings (SSSR count). The van der Waals surface area contributed by atoms with Crippen molar-refractivity contribution in [3.05, 3.63) is 64.1 Å². The Hall–Kier alpha value is -2.01. The third-order valence-corrected chi connectivity index (χ3v) is 3.84. The summed E-state index contributed by atoms with van der Waals surface area (Å²) in [5.74, 6) is 0.752. The van der Waals surface area contributed by atoms with E-state index in [0.29, 0.717) is 0 Å². The van der Waals surface area contributed by atoms with Gasteiger partial charge in [-0.3, -0.25) is 0 Å². The first-order chi connectivity index (χ1) is 10.6. The number of hydrogen-bond donors (Lipinski definition) is 1. The monoisotopic (exact) mass is 363 g/mol. The summed E-state index contributed by atoms with van der Waals surface area (Å²) in [6, 6.07) is 15.1. The Morgan fingerprint density at radius 1 is 1.23 bits per heavy atom. The molecule has 0 saturated carbocycles. The first kappa shape index (κ1) is 16.4. The second kappa shape index (κ2) is 7.84. The van der Waals surface area contributed by atoms with Crippen LogP contribution >= 0.6 is 15.9 Å². The van der Waals surface area contributed by atoms with Crippen molar-refractivity contribution in [2.45, 2.75) is 19.6 Å². The smallest absolute Gasteiger partial charge is 0.407 e. The summed E-state index contributed by atoms with van der Waals surface area (Å²) >= 11 is 3.43. The molecule has 0 aliphatic heterocycles. The van der Waals surface area contributed by atoms with E-state index >= 15 is 0 Å². The second-order valence-electron chi connectivity index (χ2n) is 4.82. The van der Waals surface area contributed by atoms with Gasteiger partial charge in [-0.25, -0.2) is 4.79 Å². The van der Waals surface area contributed by atoms with Crippen LogP contribution in [0.2, 0.25) is 0 Å². The van der Waals surface area contributed by atoms with Gasteiger partial charge in [0.25, 0.3) is 0 Å². The number of halogens is 1. The Kier molecular flexibility index (Phi) is 5.83. The highest BCUT2D eigenvalue weighted by Crippen LogP contribution is 2.27. The van der Waals surface area contributed by atoms with Crippen LogP contribution in [0, 0.1) is 0 Å². The van der Waals surface area contributed by atoms with E-state index in [4.69, 9.17) is 9.47 Å². The first-order valence-electron chi connectivity index (χ1n) is 6.91. The van der Waals surface area contributed by atoms with Gasteiger partial charge in [0.2, 0.25) is 0 Å². The summed E-state index contributed by atoms with van der Waals surface area (Å²) in [6.07, 6.45) is -0.441. The van der Waals surface area contributed by atoms with Gasteiger partial charge >= 0.3 is 6.09 Å². The molecule has 0 aromatic heterocycles. The predicted octanol–water partition coefficient (Wildman–Crippen LogP) is 4.45. The molecule has 1 unspecified atom stereocenters. The highest BCUT2D eigenvalue weighted by atomic mass is 79.9. The lowest BCUT2D eigenvalue weighted by atomic mass is 10.1. The number of hydrogen-bond acceptors (Lipinski definition) is 3. The average Bonchev–Trinajstić information content (AvgIpc) is 2.53. The first-order valence-corrected chi connectivity index (χ1v) is 7.70. The van der Waals surface area contributed by atoms with E-state index in [0.717, 1.165) is 21.3 Å².